The molecular weight excluding hydrogens is 280 g/mol. The Bertz CT molecular complexity index is 576. The predicted molar refractivity (Wildman–Crippen MR) is 84.9 cm³/mol. The van der Waals surface area contributed by atoms with Gasteiger partial charge in [-0.3, -0.25) is 4.79 Å². The molecule has 0 spiro atoms. The first-order valence-corrected chi connectivity index (χ1v) is 7.23. The fraction of sp³-hybridized carbons (Fsp3) is 0.412. The van der Waals surface area contributed by atoms with E-state index in [4.69, 9.17) is 14.7 Å². The van der Waals surface area contributed by atoms with Gasteiger partial charge in [0, 0.05) is 19.2 Å². The van der Waals surface area contributed by atoms with Crippen LogP contribution in [0.3, 0.4) is 0 Å². The molecule has 0 fully saturated rings. The summed E-state index contributed by atoms with van der Waals surface area (Å²) in [5, 5.41) is 8.91. The molecule has 0 unspecified atom stereocenters. The van der Waals surface area contributed by atoms with Gasteiger partial charge < -0.3 is 14.4 Å². The molecule has 1 amide bonds. The minimum atomic E-state index is -0.114. The third kappa shape index (κ3) is 5.13. The van der Waals surface area contributed by atoms with Crippen LogP contribution < -0.4 is 9.47 Å². The van der Waals surface area contributed by atoms with Crippen molar-refractivity contribution in [3.63, 3.8) is 0 Å². The fourth-order valence-electron chi connectivity index (χ4n) is 1.90. The molecule has 0 bridgehead atoms. The van der Waals surface area contributed by atoms with Gasteiger partial charge in [-0.2, -0.15) is 5.26 Å². The Labute approximate surface area is 131 Å². The molecule has 0 heterocycles. The summed E-state index contributed by atoms with van der Waals surface area (Å²) < 4.78 is 11.0. The monoisotopic (exact) mass is 302 g/mol. The van der Waals surface area contributed by atoms with Crippen LogP contribution in [0.15, 0.2) is 30.4 Å². The molecule has 0 aliphatic heterocycles. The lowest BCUT2D eigenvalue weighted by Gasteiger charge is -2.21. The van der Waals surface area contributed by atoms with Crippen LogP contribution >= 0.6 is 0 Å². The van der Waals surface area contributed by atoms with Gasteiger partial charge in [0.05, 0.1) is 18.2 Å². The number of ether oxygens (including phenoxy) is 2. The highest BCUT2D eigenvalue weighted by Gasteiger charge is 2.14. The van der Waals surface area contributed by atoms with E-state index in [0.717, 1.165) is 5.57 Å². The number of hydrogen-bond acceptors (Lipinski definition) is 4. The van der Waals surface area contributed by atoms with Gasteiger partial charge in [-0.25, -0.2) is 0 Å². The lowest BCUT2D eigenvalue weighted by atomic mass is 10.2. The van der Waals surface area contributed by atoms with Crippen molar-refractivity contribution in [2.24, 2.45) is 0 Å². The standard InChI is InChI=1S/C17H22N2O3/c1-5-19(11-13(3)4)17(20)12-22-15-8-7-14(10-18)9-16(15)21-6-2/h7-9H,3,5-6,11-12H2,1-2,4H3. The van der Waals surface area contributed by atoms with Crippen molar-refractivity contribution in [1.82, 2.24) is 4.90 Å². The van der Waals surface area contributed by atoms with Crippen molar-refractivity contribution in [1.29, 1.82) is 5.26 Å². The van der Waals surface area contributed by atoms with Crippen molar-refractivity contribution in [3.8, 4) is 17.6 Å². The van der Waals surface area contributed by atoms with Crippen LogP contribution in [0.1, 0.15) is 26.3 Å². The molecule has 0 saturated carbocycles. The van der Waals surface area contributed by atoms with Gasteiger partial charge in [-0.05, 0) is 32.9 Å². The summed E-state index contributed by atoms with van der Waals surface area (Å²) in [5.41, 5.74) is 1.41. The maximum Gasteiger partial charge on any atom is 0.260 e. The van der Waals surface area contributed by atoms with E-state index in [0.29, 0.717) is 36.8 Å². The molecule has 0 aliphatic rings. The van der Waals surface area contributed by atoms with Gasteiger partial charge in [-0.15, -0.1) is 0 Å². The second-order valence-corrected chi connectivity index (χ2v) is 4.86. The number of carbonyl (C=O) groups is 1. The van der Waals surface area contributed by atoms with E-state index in [2.05, 4.69) is 6.58 Å². The number of rotatable bonds is 8. The lowest BCUT2D eigenvalue weighted by Crippen LogP contribution is -2.35. The molecule has 0 aliphatic carbocycles. The third-order valence-electron chi connectivity index (χ3n) is 2.92. The Hall–Kier alpha value is -2.48. The maximum atomic E-state index is 12.1. The first kappa shape index (κ1) is 17.6. The normalized spacial score (nSPS) is 9.73. The summed E-state index contributed by atoms with van der Waals surface area (Å²) in [6.07, 6.45) is 0. The van der Waals surface area contributed by atoms with Crippen LogP contribution in [0.4, 0.5) is 0 Å². The van der Waals surface area contributed by atoms with Gasteiger partial charge in [0.1, 0.15) is 0 Å². The van der Waals surface area contributed by atoms with Gasteiger partial charge >= 0.3 is 0 Å². The Kier molecular flexibility index (Phi) is 6.97. The van der Waals surface area contributed by atoms with Crippen molar-refractivity contribution in [2.45, 2.75) is 20.8 Å². The average Bonchev–Trinajstić information content (AvgIpc) is 2.51. The van der Waals surface area contributed by atoms with E-state index in [1.165, 1.54) is 0 Å². The zero-order valence-corrected chi connectivity index (χ0v) is 13.4. The van der Waals surface area contributed by atoms with E-state index < -0.39 is 0 Å². The number of nitrogens with zero attached hydrogens (tertiary/aromatic N) is 2. The molecule has 0 N–H and O–H groups in total. The summed E-state index contributed by atoms with van der Waals surface area (Å²) >= 11 is 0. The Balaban J connectivity index is 2.76. The fourth-order valence-corrected chi connectivity index (χ4v) is 1.90. The first-order chi connectivity index (χ1) is 10.5. The largest absolute Gasteiger partial charge is 0.490 e. The van der Waals surface area contributed by atoms with Gasteiger partial charge in [0.15, 0.2) is 18.1 Å². The molecule has 1 aromatic carbocycles. The molecule has 5 heteroatoms. The summed E-state index contributed by atoms with van der Waals surface area (Å²) in [4.78, 5) is 13.8. The Morgan fingerprint density at radius 1 is 1.32 bits per heavy atom. The summed E-state index contributed by atoms with van der Waals surface area (Å²) in [6.45, 7) is 10.9. The second kappa shape index (κ2) is 8.73. The van der Waals surface area contributed by atoms with Crippen molar-refractivity contribution >= 4 is 5.91 Å². The molecule has 1 aromatic rings. The van der Waals surface area contributed by atoms with Crippen LogP contribution in [0.25, 0.3) is 0 Å². The SMILES string of the molecule is C=C(C)CN(CC)C(=O)COc1ccc(C#N)cc1OCC. The molecule has 5 nitrogen and oxygen atoms in total. The van der Waals surface area contributed by atoms with Crippen molar-refractivity contribution in [2.75, 3.05) is 26.3 Å². The Morgan fingerprint density at radius 2 is 2.05 bits per heavy atom. The average molecular weight is 302 g/mol. The number of carbonyl (C=O) groups excluding carboxylic acids is 1. The molecule has 22 heavy (non-hydrogen) atoms. The smallest absolute Gasteiger partial charge is 0.260 e. The highest BCUT2D eigenvalue weighted by molar-refractivity contribution is 5.78. The lowest BCUT2D eigenvalue weighted by molar-refractivity contribution is -0.132. The summed E-state index contributed by atoms with van der Waals surface area (Å²) in [7, 11) is 0. The van der Waals surface area contributed by atoms with E-state index in [9.17, 15) is 4.79 Å². The zero-order chi connectivity index (χ0) is 16.5. The maximum absolute atomic E-state index is 12.1. The van der Waals surface area contributed by atoms with Crippen LogP contribution in [0.2, 0.25) is 0 Å². The quantitative estimate of drug-likeness (QED) is 0.693. The van der Waals surface area contributed by atoms with E-state index in [1.807, 2.05) is 26.8 Å². The predicted octanol–water partition coefficient (Wildman–Crippen LogP) is 2.76. The first-order valence-electron chi connectivity index (χ1n) is 7.23. The zero-order valence-electron chi connectivity index (χ0n) is 13.4. The van der Waals surface area contributed by atoms with E-state index >= 15 is 0 Å². The summed E-state index contributed by atoms with van der Waals surface area (Å²) in [5.74, 6) is 0.815. The molecule has 0 radical (unpaired) electrons. The van der Waals surface area contributed by atoms with Crippen LogP contribution in [-0.4, -0.2) is 37.1 Å². The highest BCUT2D eigenvalue weighted by Crippen LogP contribution is 2.28. The minimum absolute atomic E-state index is 0.0763. The number of likely N-dealkylation sites (N-methyl/N-ethyl adjacent to an activating group) is 1. The molecule has 118 valence electrons. The van der Waals surface area contributed by atoms with E-state index in [-0.39, 0.29) is 12.5 Å². The summed E-state index contributed by atoms with van der Waals surface area (Å²) in [6, 6.07) is 6.93. The van der Waals surface area contributed by atoms with Gasteiger partial charge in [-0.1, -0.05) is 12.2 Å². The highest BCUT2D eigenvalue weighted by atomic mass is 16.5. The van der Waals surface area contributed by atoms with Gasteiger partial charge in [0.25, 0.3) is 5.91 Å². The second-order valence-electron chi connectivity index (χ2n) is 4.86. The molecule has 0 aromatic heterocycles. The molecule has 0 atom stereocenters. The van der Waals surface area contributed by atoms with Crippen LogP contribution in [-0.2, 0) is 4.79 Å². The number of benzene rings is 1. The molecule has 0 saturated heterocycles. The van der Waals surface area contributed by atoms with Gasteiger partial charge in [0.2, 0.25) is 0 Å². The minimum Gasteiger partial charge on any atom is -0.490 e. The molecular formula is C17H22N2O3. The Morgan fingerprint density at radius 3 is 2.59 bits per heavy atom. The topological polar surface area (TPSA) is 62.6 Å². The van der Waals surface area contributed by atoms with E-state index in [1.54, 1.807) is 23.1 Å². The number of amides is 1. The third-order valence-corrected chi connectivity index (χ3v) is 2.92. The van der Waals surface area contributed by atoms with Crippen LogP contribution in [0.5, 0.6) is 11.5 Å². The number of hydrogen-bond donors (Lipinski definition) is 0. The van der Waals surface area contributed by atoms with Crippen molar-refractivity contribution in [3.05, 3.63) is 35.9 Å². The van der Waals surface area contributed by atoms with Crippen molar-refractivity contribution < 1.29 is 14.3 Å². The van der Waals surface area contributed by atoms with Crippen LogP contribution in [0, 0.1) is 11.3 Å². The number of nitriles is 1. The molecule has 1 rings (SSSR count).